The Hall–Kier alpha value is -2.35. The van der Waals surface area contributed by atoms with Crippen LogP contribution in [0.15, 0.2) is 33.9 Å². The van der Waals surface area contributed by atoms with Crippen molar-refractivity contribution in [2.45, 2.75) is 63.2 Å². The Morgan fingerprint density at radius 1 is 0.833 bits per heavy atom. The number of anilines is 3. The normalized spacial score (nSPS) is 23.4. The summed E-state index contributed by atoms with van der Waals surface area (Å²) < 4.78 is 38.2. The lowest BCUT2D eigenvalue weighted by molar-refractivity contribution is -0.137. The summed E-state index contributed by atoms with van der Waals surface area (Å²) >= 11 is 0. The summed E-state index contributed by atoms with van der Waals surface area (Å²) in [6.45, 7) is 2.12. The fourth-order valence-corrected chi connectivity index (χ4v) is 4.69. The van der Waals surface area contributed by atoms with Crippen LogP contribution in [0.4, 0.5) is 30.2 Å². The van der Waals surface area contributed by atoms with Crippen molar-refractivity contribution in [3.8, 4) is 0 Å². The molecule has 2 fully saturated rings. The molecule has 2 N–H and O–H groups in total. The zero-order valence-corrected chi connectivity index (χ0v) is 16.7. The SMILES string of the molecule is O=c1c(Nc2ccc(C(F)(F)F)cc2)c(N[C@@H]2CCCCC2N2CCCCC2)c1=O. The van der Waals surface area contributed by atoms with Crippen LogP contribution in [0, 0.1) is 0 Å². The van der Waals surface area contributed by atoms with E-state index in [-0.39, 0.29) is 17.4 Å². The zero-order valence-electron chi connectivity index (χ0n) is 16.7. The van der Waals surface area contributed by atoms with Gasteiger partial charge in [0, 0.05) is 17.8 Å². The van der Waals surface area contributed by atoms with Gasteiger partial charge in [0.1, 0.15) is 11.4 Å². The standard InChI is InChI=1S/C22H26F3N3O2/c23-22(24,25)14-8-10-15(11-9-14)26-18-19(21(30)20(18)29)27-16-6-2-3-7-17(16)28-12-4-1-5-13-28/h8-11,16-17,26-27H,1-7,12-13H2/t16-,17?/m1/s1. The third kappa shape index (κ3) is 4.24. The van der Waals surface area contributed by atoms with Crippen molar-refractivity contribution in [3.63, 3.8) is 0 Å². The van der Waals surface area contributed by atoms with E-state index in [1.165, 1.54) is 31.4 Å². The lowest BCUT2D eigenvalue weighted by atomic mass is 9.87. The highest BCUT2D eigenvalue weighted by Gasteiger charge is 2.34. The molecule has 162 valence electrons. The van der Waals surface area contributed by atoms with Crippen LogP contribution in [0.5, 0.6) is 0 Å². The van der Waals surface area contributed by atoms with E-state index in [2.05, 4.69) is 15.5 Å². The maximum absolute atomic E-state index is 12.7. The van der Waals surface area contributed by atoms with Gasteiger partial charge in [0.05, 0.1) is 5.56 Å². The Kier molecular flexibility index (Phi) is 5.86. The molecule has 1 heterocycles. The number of hydrogen-bond acceptors (Lipinski definition) is 5. The fraction of sp³-hybridized carbons (Fsp3) is 0.545. The molecule has 2 aromatic rings. The highest BCUT2D eigenvalue weighted by Crippen LogP contribution is 2.32. The molecule has 0 spiro atoms. The number of nitrogens with one attached hydrogen (secondary N) is 2. The van der Waals surface area contributed by atoms with Gasteiger partial charge in [0.25, 0.3) is 10.9 Å². The van der Waals surface area contributed by atoms with Crippen molar-refractivity contribution in [2.75, 3.05) is 23.7 Å². The fourth-order valence-electron chi connectivity index (χ4n) is 4.69. The minimum absolute atomic E-state index is 0.0910. The van der Waals surface area contributed by atoms with Crippen molar-refractivity contribution < 1.29 is 13.2 Å². The monoisotopic (exact) mass is 421 g/mol. The van der Waals surface area contributed by atoms with Gasteiger partial charge in [-0.1, -0.05) is 19.3 Å². The first kappa shape index (κ1) is 20.9. The topological polar surface area (TPSA) is 61.4 Å². The summed E-state index contributed by atoms with van der Waals surface area (Å²) in [5.74, 6) is 0. The molecule has 1 aliphatic carbocycles. The quantitative estimate of drug-likeness (QED) is 0.707. The number of benzene rings is 1. The average molecular weight is 421 g/mol. The number of piperidine rings is 1. The molecular formula is C22H26F3N3O2. The summed E-state index contributed by atoms with van der Waals surface area (Å²) in [5.41, 5.74) is -1.22. The summed E-state index contributed by atoms with van der Waals surface area (Å²) in [4.78, 5) is 26.9. The molecule has 8 heteroatoms. The van der Waals surface area contributed by atoms with E-state index < -0.39 is 22.6 Å². The molecule has 1 saturated carbocycles. The van der Waals surface area contributed by atoms with Crippen molar-refractivity contribution in [3.05, 3.63) is 50.3 Å². The number of likely N-dealkylation sites (tertiary alicyclic amines) is 1. The summed E-state index contributed by atoms with van der Waals surface area (Å²) in [6, 6.07) is 4.86. The first-order valence-electron chi connectivity index (χ1n) is 10.6. The number of hydrogen-bond donors (Lipinski definition) is 2. The van der Waals surface area contributed by atoms with Crippen LogP contribution in [-0.4, -0.2) is 30.1 Å². The van der Waals surface area contributed by atoms with Crippen LogP contribution in [0.25, 0.3) is 0 Å². The molecule has 0 amide bonds. The van der Waals surface area contributed by atoms with Gasteiger partial charge < -0.3 is 10.6 Å². The van der Waals surface area contributed by atoms with Crippen molar-refractivity contribution in [2.24, 2.45) is 0 Å². The van der Waals surface area contributed by atoms with Crippen molar-refractivity contribution in [1.82, 2.24) is 4.90 Å². The van der Waals surface area contributed by atoms with E-state index in [0.29, 0.717) is 11.7 Å². The Balaban J connectivity index is 1.49. The third-order valence-electron chi connectivity index (χ3n) is 6.31. The molecule has 5 nitrogen and oxygen atoms in total. The number of rotatable bonds is 5. The van der Waals surface area contributed by atoms with Crippen LogP contribution < -0.4 is 21.5 Å². The number of nitrogens with zero attached hydrogens (tertiary/aromatic N) is 1. The third-order valence-corrected chi connectivity index (χ3v) is 6.31. The number of halogens is 3. The van der Waals surface area contributed by atoms with Gasteiger partial charge in [-0.25, -0.2) is 0 Å². The maximum Gasteiger partial charge on any atom is 0.416 e. The molecule has 4 rings (SSSR count). The molecule has 1 aliphatic heterocycles. The molecule has 2 aliphatic rings. The van der Waals surface area contributed by atoms with Crippen LogP contribution in [0.2, 0.25) is 0 Å². The van der Waals surface area contributed by atoms with Crippen LogP contribution >= 0.6 is 0 Å². The molecule has 30 heavy (non-hydrogen) atoms. The second-order valence-corrected chi connectivity index (χ2v) is 8.31. The molecule has 1 saturated heterocycles. The Bertz CT molecular complexity index is 942. The van der Waals surface area contributed by atoms with Crippen molar-refractivity contribution >= 4 is 17.1 Å². The molecule has 0 radical (unpaired) electrons. The molecule has 2 aromatic carbocycles. The molecular weight excluding hydrogens is 395 g/mol. The zero-order chi connectivity index (χ0) is 21.3. The van der Waals surface area contributed by atoms with E-state index in [4.69, 9.17) is 0 Å². The summed E-state index contributed by atoms with van der Waals surface area (Å²) in [5, 5.41) is 6.15. The van der Waals surface area contributed by atoms with Gasteiger partial charge in [-0.15, -0.1) is 0 Å². The van der Waals surface area contributed by atoms with Gasteiger partial charge >= 0.3 is 6.18 Å². The molecule has 2 atom stereocenters. The molecule has 0 aromatic heterocycles. The molecule has 0 bridgehead atoms. The van der Waals surface area contributed by atoms with Crippen LogP contribution in [0.1, 0.15) is 50.5 Å². The van der Waals surface area contributed by atoms with Crippen LogP contribution in [0.3, 0.4) is 0 Å². The summed E-state index contributed by atoms with van der Waals surface area (Å²) in [6.07, 6.45) is 3.42. The largest absolute Gasteiger partial charge is 0.416 e. The predicted molar refractivity (Wildman–Crippen MR) is 111 cm³/mol. The van der Waals surface area contributed by atoms with Gasteiger partial charge in [-0.05, 0) is 63.0 Å². The first-order chi connectivity index (χ1) is 14.3. The lowest BCUT2D eigenvalue weighted by Crippen LogP contribution is -2.52. The van der Waals surface area contributed by atoms with Gasteiger partial charge in [0.2, 0.25) is 0 Å². The minimum atomic E-state index is -4.42. The van der Waals surface area contributed by atoms with E-state index in [0.717, 1.165) is 50.9 Å². The molecule has 1 unspecified atom stereocenters. The van der Waals surface area contributed by atoms with Gasteiger partial charge in [-0.3, -0.25) is 14.5 Å². The Morgan fingerprint density at radius 2 is 1.47 bits per heavy atom. The van der Waals surface area contributed by atoms with Gasteiger partial charge in [0.15, 0.2) is 0 Å². The lowest BCUT2D eigenvalue weighted by Gasteiger charge is -2.42. The van der Waals surface area contributed by atoms with E-state index in [9.17, 15) is 22.8 Å². The maximum atomic E-state index is 12.7. The van der Waals surface area contributed by atoms with E-state index >= 15 is 0 Å². The minimum Gasteiger partial charge on any atom is -0.376 e. The average Bonchev–Trinajstić information content (AvgIpc) is 2.76. The summed E-state index contributed by atoms with van der Waals surface area (Å²) in [7, 11) is 0. The van der Waals surface area contributed by atoms with Crippen LogP contribution in [-0.2, 0) is 6.18 Å². The Morgan fingerprint density at radius 3 is 2.13 bits per heavy atom. The van der Waals surface area contributed by atoms with Crippen molar-refractivity contribution in [1.29, 1.82) is 0 Å². The second-order valence-electron chi connectivity index (χ2n) is 8.31. The van der Waals surface area contributed by atoms with E-state index in [1.54, 1.807) is 0 Å². The first-order valence-corrected chi connectivity index (χ1v) is 10.6. The van der Waals surface area contributed by atoms with Gasteiger partial charge in [-0.2, -0.15) is 13.2 Å². The second kappa shape index (κ2) is 8.41. The number of alkyl halides is 3. The predicted octanol–water partition coefficient (Wildman–Crippen LogP) is 4.25. The highest BCUT2D eigenvalue weighted by atomic mass is 19.4. The Labute approximate surface area is 173 Å². The van der Waals surface area contributed by atoms with E-state index in [1.807, 2.05) is 0 Å². The highest BCUT2D eigenvalue weighted by molar-refractivity contribution is 5.79. The smallest absolute Gasteiger partial charge is 0.376 e.